The van der Waals surface area contributed by atoms with E-state index in [0.29, 0.717) is 23.9 Å². The Kier molecular flexibility index (Phi) is 6.46. The summed E-state index contributed by atoms with van der Waals surface area (Å²) >= 11 is 0. The highest BCUT2D eigenvalue weighted by atomic mass is 16.5. The SMILES string of the molecule is CCOc1ccc(CN(C)C(=O)COC(=O)c2nn(C)c(=O)c3ccccc23)cc1. The molecule has 0 radical (unpaired) electrons. The summed E-state index contributed by atoms with van der Waals surface area (Å²) in [4.78, 5) is 38.5. The number of nitrogens with zero attached hydrogens (tertiary/aromatic N) is 3. The lowest BCUT2D eigenvalue weighted by molar-refractivity contribution is -0.133. The normalized spacial score (nSPS) is 10.6. The Balaban J connectivity index is 1.64. The van der Waals surface area contributed by atoms with Crippen LogP contribution in [0.1, 0.15) is 23.0 Å². The van der Waals surface area contributed by atoms with Crippen molar-refractivity contribution in [3.05, 3.63) is 70.1 Å². The number of carbonyl (C=O) groups is 2. The van der Waals surface area contributed by atoms with Gasteiger partial charge in [-0.25, -0.2) is 9.48 Å². The van der Waals surface area contributed by atoms with Crippen LogP contribution in [0.2, 0.25) is 0 Å². The van der Waals surface area contributed by atoms with E-state index in [1.165, 1.54) is 11.9 Å². The molecule has 0 saturated heterocycles. The van der Waals surface area contributed by atoms with Crippen molar-refractivity contribution in [3.8, 4) is 5.75 Å². The van der Waals surface area contributed by atoms with Gasteiger partial charge in [0.1, 0.15) is 5.75 Å². The van der Waals surface area contributed by atoms with Gasteiger partial charge in [0, 0.05) is 26.0 Å². The van der Waals surface area contributed by atoms with Crippen LogP contribution in [-0.2, 0) is 23.1 Å². The molecule has 3 aromatic rings. The number of hydrogen-bond donors (Lipinski definition) is 0. The number of fused-ring (bicyclic) bond motifs is 1. The van der Waals surface area contributed by atoms with Crippen LogP contribution in [0.5, 0.6) is 5.75 Å². The average Bonchev–Trinajstić information content (AvgIpc) is 2.75. The first kappa shape index (κ1) is 21.0. The Morgan fingerprint density at radius 3 is 2.40 bits per heavy atom. The van der Waals surface area contributed by atoms with Crippen LogP contribution in [0, 0.1) is 0 Å². The van der Waals surface area contributed by atoms with Crippen LogP contribution >= 0.6 is 0 Å². The fourth-order valence-corrected chi connectivity index (χ4v) is 2.98. The van der Waals surface area contributed by atoms with Gasteiger partial charge in [-0.3, -0.25) is 9.59 Å². The predicted molar refractivity (Wildman–Crippen MR) is 111 cm³/mol. The first-order valence-corrected chi connectivity index (χ1v) is 9.49. The summed E-state index contributed by atoms with van der Waals surface area (Å²) in [5.41, 5.74) is 0.606. The molecular formula is C22H23N3O5. The summed E-state index contributed by atoms with van der Waals surface area (Å²) < 4.78 is 11.7. The number of aryl methyl sites for hydroxylation is 1. The highest BCUT2D eigenvalue weighted by Gasteiger charge is 2.19. The molecule has 0 fully saturated rings. The number of rotatable bonds is 7. The largest absolute Gasteiger partial charge is 0.494 e. The first-order chi connectivity index (χ1) is 14.4. The van der Waals surface area contributed by atoms with Crippen molar-refractivity contribution >= 4 is 22.6 Å². The van der Waals surface area contributed by atoms with E-state index < -0.39 is 12.6 Å². The maximum atomic E-state index is 12.5. The van der Waals surface area contributed by atoms with Gasteiger partial charge in [-0.05, 0) is 30.7 Å². The van der Waals surface area contributed by atoms with Crippen molar-refractivity contribution in [2.45, 2.75) is 13.5 Å². The maximum Gasteiger partial charge on any atom is 0.359 e. The van der Waals surface area contributed by atoms with E-state index >= 15 is 0 Å². The van der Waals surface area contributed by atoms with Gasteiger partial charge in [-0.2, -0.15) is 5.10 Å². The van der Waals surface area contributed by atoms with E-state index in [9.17, 15) is 14.4 Å². The van der Waals surface area contributed by atoms with Crippen molar-refractivity contribution in [1.29, 1.82) is 0 Å². The van der Waals surface area contributed by atoms with Crippen molar-refractivity contribution in [1.82, 2.24) is 14.7 Å². The predicted octanol–water partition coefficient (Wildman–Crippen LogP) is 2.15. The summed E-state index contributed by atoms with van der Waals surface area (Å²) in [5, 5.41) is 4.76. The van der Waals surface area contributed by atoms with Crippen LogP contribution in [0.15, 0.2) is 53.3 Å². The van der Waals surface area contributed by atoms with Crippen molar-refractivity contribution < 1.29 is 19.1 Å². The maximum absolute atomic E-state index is 12.5. The zero-order valence-corrected chi connectivity index (χ0v) is 17.1. The molecule has 1 aromatic heterocycles. The second-order valence-corrected chi connectivity index (χ2v) is 6.73. The third kappa shape index (κ3) is 4.65. The minimum atomic E-state index is -0.760. The minimum absolute atomic E-state index is 0.00494. The number of aromatic nitrogens is 2. The molecule has 0 unspecified atom stereocenters. The number of hydrogen-bond acceptors (Lipinski definition) is 6. The third-order valence-corrected chi connectivity index (χ3v) is 4.56. The molecule has 1 amide bonds. The second kappa shape index (κ2) is 9.21. The number of benzene rings is 2. The van der Waals surface area contributed by atoms with Gasteiger partial charge in [-0.15, -0.1) is 0 Å². The number of likely N-dealkylation sites (N-methyl/N-ethyl adjacent to an activating group) is 1. The molecule has 0 aliphatic heterocycles. The molecule has 156 valence electrons. The van der Waals surface area contributed by atoms with E-state index in [1.807, 2.05) is 31.2 Å². The standard InChI is InChI=1S/C22H23N3O5/c1-4-29-16-11-9-15(10-12-16)13-24(2)19(26)14-30-22(28)20-17-7-5-6-8-18(17)21(27)25(3)23-20/h5-12H,4,13-14H2,1-3H3. The van der Waals surface area contributed by atoms with Crippen LogP contribution in [0.4, 0.5) is 0 Å². The van der Waals surface area contributed by atoms with Gasteiger partial charge in [-0.1, -0.05) is 30.3 Å². The summed E-state index contributed by atoms with van der Waals surface area (Å²) in [7, 11) is 3.09. The Hall–Kier alpha value is -3.68. The molecule has 0 atom stereocenters. The molecule has 8 heteroatoms. The van der Waals surface area contributed by atoms with Crippen LogP contribution in [-0.4, -0.2) is 46.8 Å². The van der Waals surface area contributed by atoms with Gasteiger partial charge < -0.3 is 14.4 Å². The summed E-state index contributed by atoms with van der Waals surface area (Å²) in [6, 6.07) is 14.1. The minimum Gasteiger partial charge on any atom is -0.494 e. The van der Waals surface area contributed by atoms with E-state index in [1.54, 1.807) is 31.3 Å². The molecule has 8 nitrogen and oxygen atoms in total. The fraction of sp³-hybridized carbons (Fsp3) is 0.273. The zero-order valence-electron chi connectivity index (χ0n) is 17.1. The number of amides is 1. The number of carbonyl (C=O) groups excluding carboxylic acids is 2. The molecule has 0 aliphatic rings. The highest BCUT2D eigenvalue weighted by molar-refractivity contribution is 6.02. The quantitative estimate of drug-likeness (QED) is 0.556. The summed E-state index contributed by atoms with van der Waals surface area (Å²) in [5.74, 6) is -0.350. The topological polar surface area (TPSA) is 90.7 Å². The van der Waals surface area contributed by atoms with Gasteiger partial charge in [0.15, 0.2) is 12.3 Å². The molecular weight excluding hydrogens is 386 g/mol. The molecule has 0 N–H and O–H groups in total. The molecule has 1 heterocycles. The summed E-state index contributed by atoms with van der Waals surface area (Å²) in [6.45, 7) is 2.44. The van der Waals surface area contributed by atoms with Crippen molar-refractivity contribution in [3.63, 3.8) is 0 Å². The van der Waals surface area contributed by atoms with E-state index in [2.05, 4.69) is 5.10 Å². The Labute approximate surface area is 173 Å². The van der Waals surface area contributed by atoms with Crippen molar-refractivity contribution in [2.75, 3.05) is 20.3 Å². The van der Waals surface area contributed by atoms with Gasteiger partial charge in [0.2, 0.25) is 0 Å². The van der Waals surface area contributed by atoms with Gasteiger partial charge in [0.05, 0.1) is 12.0 Å². The smallest absolute Gasteiger partial charge is 0.359 e. The van der Waals surface area contributed by atoms with Crippen LogP contribution in [0.25, 0.3) is 10.8 Å². The Morgan fingerprint density at radius 1 is 1.07 bits per heavy atom. The third-order valence-electron chi connectivity index (χ3n) is 4.56. The lowest BCUT2D eigenvalue weighted by atomic mass is 10.1. The molecule has 0 aliphatic carbocycles. The number of ether oxygens (including phenoxy) is 2. The van der Waals surface area contributed by atoms with Gasteiger partial charge >= 0.3 is 5.97 Å². The van der Waals surface area contributed by atoms with Crippen molar-refractivity contribution in [2.24, 2.45) is 7.05 Å². The lowest BCUT2D eigenvalue weighted by Crippen LogP contribution is -2.31. The molecule has 0 spiro atoms. The molecule has 0 saturated carbocycles. The average molecular weight is 409 g/mol. The van der Waals surface area contributed by atoms with Gasteiger partial charge in [0.25, 0.3) is 11.5 Å². The van der Waals surface area contributed by atoms with E-state index in [0.717, 1.165) is 16.0 Å². The van der Waals surface area contributed by atoms with Crippen LogP contribution in [0.3, 0.4) is 0 Å². The molecule has 2 aromatic carbocycles. The van der Waals surface area contributed by atoms with E-state index in [-0.39, 0.29) is 17.2 Å². The monoisotopic (exact) mass is 409 g/mol. The lowest BCUT2D eigenvalue weighted by Gasteiger charge is -2.17. The highest BCUT2D eigenvalue weighted by Crippen LogP contribution is 2.15. The second-order valence-electron chi connectivity index (χ2n) is 6.73. The fourth-order valence-electron chi connectivity index (χ4n) is 2.98. The van der Waals surface area contributed by atoms with Crippen LogP contribution < -0.4 is 10.3 Å². The molecule has 0 bridgehead atoms. The molecule has 3 rings (SSSR count). The zero-order chi connectivity index (χ0) is 21.7. The van der Waals surface area contributed by atoms with E-state index in [4.69, 9.17) is 9.47 Å². The summed E-state index contributed by atoms with van der Waals surface area (Å²) in [6.07, 6.45) is 0. The molecule has 30 heavy (non-hydrogen) atoms. The Bertz CT molecular complexity index is 1120. The Morgan fingerprint density at radius 2 is 1.73 bits per heavy atom. The first-order valence-electron chi connectivity index (χ1n) is 9.49. The number of esters is 1.